The van der Waals surface area contributed by atoms with E-state index in [2.05, 4.69) is 14.9 Å². The smallest absolute Gasteiger partial charge is 0.277 e. The lowest BCUT2D eigenvalue weighted by atomic mass is 9.81. The first-order valence-electron chi connectivity index (χ1n) is 8.52. The highest BCUT2D eigenvalue weighted by Gasteiger charge is 2.55. The van der Waals surface area contributed by atoms with Crippen molar-refractivity contribution in [2.45, 2.75) is 44.2 Å². The van der Waals surface area contributed by atoms with Gasteiger partial charge in [-0.2, -0.15) is 0 Å². The number of anilines is 1. The maximum atomic E-state index is 12.6. The average molecular weight is 331 g/mol. The van der Waals surface area contributed by atoms with Gasteiger partial charge in [-0.1, -0.05) is 19.3 Å². The lowest BCUT2D eigenvalue weighted by Crippen LogP contribution is -2.80. The molecular formula is C16H21N5O3. The van der Waals surface area contributed by atoms with Crippen molar-refractivity contribution in [1.82, 2.24) is 20.3 Å². The summed E-state index contributed by atoms with van der Waals surface area (Å²) < 4.78 is 0. The van der Waals surface area contributed by atoms with Gasteiger partial charge >= 0.3 is 0 Å². The number of hydrogen-bond donors (Lipinski definition) is 2. The number of fused-ring (bicyclic) bond motifs is 1. The second-order valence-electron chi connectivity index (χ2n) is 6.83. The molecule has 1 aromatic rings. The highest BCUT2D eigenvalue weighted by Crippen LogP contribution is 2.38. The van der Waals surface area contributed by atoms with Crippen molar-refractivity contribution in [3.63, 3.8) is 0 Å². The van der Waals surface area contributed by atoms with Crippen LogP contribution in [0.15, 0.2) is 12.4 Å². The zero-order valence-corrected chi connectivity index (χ0v) is 13.4. The quantitative estimate of drug-likeness (QED) is 0.621. The van der Waals surface area contributed by atoms with Crippen LogP contribution in [0.2, 0.25) is 0 Å². The fraction of sp³-hybridized carbons (Fsp3) is 0.625. The standard InChI is InChI=1S/C16H21N5O3/c22-14(19-24)11-6-17-16(18-7-11)21-9-12-13(21)8-20(12)15(23)10-4-2-1-3-5-10/h6-7,10,12-13,24H,1-5,8-9H2,(H,19,22)/t12?,13-/m1/s1. The van der Waals surface area contributed by atoms with Gasteiger partial charge in [-0.25, -0.2) is 15.4 Å². The molecule has 24 heavy (non-hydrogen) atoms. The molecule has 4 rings (SSSR count). The van der Waals surface area contributed by atoms with Gasteiger partial charge in [0.2, 0.25) is 11.9 Å². The van der Waals surface area contributed by atoms with E-state index in [0.717, 1.165) is 25.9 Å². The Labute approximate surface area is 139 Å². The molecule has 2 amide bonds. The number of carbonyl (C=O) groups excluding carboxylic acids is 2. The second-order valence-corrected chi connectivity index (χ2v) is 6.83. The Bertz CT molecular complexity index is 644. The van der Waals surface area contributed by atoms with Crippen LogP contribution in [0.3, 0.4) is 0 Å². The summed E-state index contributed by atoms with van der Waals surface area (Å²) in [5, 5.41) is 8.60. The third-order valence-electron chi connectivity index (χ3n) is 5.51. The van der Waals surface area contributed by atoms with E-state index in [0.29, 0.717) is 11.9 Å². The van der Waals surface area contributed by atoms with Crippen molar-refractivity contribution in [2.75, 3.05) is 18.0 Å². The van der Waals surface area contributed by atoms with Crippen molar-refractivity contribution in [3.05, 3.63) is 18.0 Å². The third-order valence-corrected chi connectivity index (χ3v) is 5.51. The molecule has 3 aliphatic rings. The van der Waals surface area contributed by atoms with E-state index in [1.807, 2.05) is 4.90 Å². The van der Waals surface area contributed by atoms with Crippen molar-refractivity contribution >= 4 is 17.8 Å². The molecule has 2 atom stereocenters. The van der Waals surface area contributed by atoms with Gasteiger partial charge in [-0.3, -0.25) is 14.8 Å². The number of hydroxylamine groups is 1. The third kappa shape index (κ3) is 2.41. The molecule has 1 unspecified atom stereocenters. The highest BCUT2D eigenvalue weighted by atomic mass is 16.5. The van der Waals surface area contributed by atoms with Gasteiger partial charge in [-0.15, -0.1) is 0 Å². The Kier molecular flexibility index (Phi) is 3.84. The summed E-state index contributed by atoms with van der Waals surface area (Å²) in [5.74, 6) is 0.485. The summed E-state index contributed by atoms with van der Waals surface area (Å²) in [6.45, 7) is 1.48. The van der Waals surface area contributed by atoms with Crippen LogP contribution in [0.25, 0.3) is 0 Å². The molecule has 0 radical (unpaired) electrons. The monoisotopic (exact) mass is 331 g/mol. The van der Waals surface area contributed by atoms with Gasteiger partial charge in [0, 0.05) is 31.4 Å². The summed E-state index contributed by atoms with van der Waals surface area (Å²) in [5.41, 5.74) is 1.77. The maximum absolute atomic E-state index is 12.6. The first-order valence-corrected chi connectivity index (χ1v) is 8.52. The van der Waals surface area contributed by atoms with E-state index in [1.165, 1.54) is 31.7 Å². The molecule has 0 spiro atoms. The van der Waals surface area contributed by atoms with Crippen LogP contribution in [0.4, 0.5) is 5.95 Å². The van der Waals surface area contributed by atoms with E-state index in [9.17, 15) is 9.59 Å². The number of rotatable bonds is 3. The molecule has 0 aromatic carbocycles. The van der Waals surface area contributed by atoms with Gasteiger partial charge in [0.1, 0.15) is 0 Å². The van der Waals surface area contributed by atoms with Gasteiger partial charge in [0.25, 0.3) is 5.91 Å². The van der Waals surface area contributed by atoms with Gasteiger partial charge < -0.3 is 9.80 Å². The summed E-state index contributed by atoms with van der Waals surface area (Å²) in [4.78, 5) is 36.3. The summed E-state index contributed by atoms with van der Waals surface area (Å²) in [7, 11) is 0. The number of piperazine rings is 1. The summed E-state index contributed by atoms with van der Waals surface area (Å²) in [6.07, 6.45) is 8.46. The second kappa shape index (κ2) is 6.01. The molecule has 0 bridgehead atoms. The topological polar surface area (TPSA) is 98.7 Å². The minimum absolute atomic E-state index is 0.209. The summed E-state index contributed by atoms with van der Waals surface area (Å²) >= 11 is 0. The zero-order chi connectivity index (χ0) is 16.7. The Balaban J connectivity index is 1.35. The van der Waals surface area contributed by atoms with E-state index in [-0.39, 0.29) is 23.6 Å². The molecule has 2 aliphatic heterocycles. The minimum atomic E-state index is -0.629. The number of aromatic nitrogens is 2. The fourth-order valence-electron chi connectivity index (χ4n) is 3.97. The summed E-state index contributed by atoms with van der Waals surface area (Å²) in [6, 6.07) is 0.568. The SMILES string of the molecule is O=C(NO)c1cnc(N2CC3[C@H]2CN3C(=O)C2CCCCC2)nc1. The largest absolute Gasteiger partial charge is 0.333 e. The predicted octanol–water partition coefficient (Wildman–Crippen LogP) is 0.575. The molecular weight excluding hydrogens is 310 g/mol. The Morgan fingerprint density at radius 1 is 1.08 bits per heavy atom. The molecule has 2 N–H and O–H groups in total. The number of nitrogens with one attached hydrogen (secondary N) is 1. The van der Waals surface area contributed by atoms with Gasteiger partial charge in [0.15, 0.2) is 0 Å². The normalized spacial score (nSPS) is 26.2. The number of carbonyl (C=O) groups is 2. The predicted molar refractivity (Wildman–Crippen MR) is 84.5 cm³/mol. The van der Waals surface area contributed by atoms with Crippen molar-refractivity contribution in [2.24, 2.45) is 5.92 Å². The van der Waals surface area contributed by atoms with Crippen molar-refractivity contribution in [1.29, 1.82) is 0 Å². The molecule has 128 valence electrons. The van der Waals surface area contributed by atoms with Crippen molar-refractivity contribution in [3.8, 4) is 0 Å². The molecule has 1 saturated carbocycles. The molecule has 1 aromatic heterocycles. The van der Waals surface area contributed by atoms with Gasteiger partial charge in [0.05, 0.1) is 17.6 Å². The van der Waals surface area contributed by atoms with Crippen LogP contribution < -0.4 is 10.4 Å². The number of likely N-dealkylation sites (tertiary alicyclic amines) is 1. The van der Waals surface area contributed by atoms with Crippen LogP contribution in [0, 0.1) is 5.92 Å². The van der Waals surface area contributed by atoms with E-state index < -0.39 is 5.91 Å². The first-order chi connectivity index (χ1) is 11.7. The number of amides is 2. The minimum Gasteiger partial charge on any atom is -0.333 e. The highest BCUT2D eigenvalue weighted by molar-refractivity contribution is 5.92. The maximum Gasteiger partial charge on any atom is 0.277 e. The van der Waals surface area contributed by atoms with E-state index in [1.54, 1.807) is 5.48 Å². The molecule has 2 saturated heterocycles. The van der Waals surface area contributed by atoms with Crippen molar-refractivity contribution < 1.29 is 14.8 Å². The van der Waals surface area contributed by atoms with Crippen LogP contribution in [0.1, 0.15) is 42.5 Å². The molecule has 3 heterocycles. The number of nitrogens with zero attached hydrogens (tertiary/aromatic N) is 4. The average Bonchev–Trinajstić information content (AvgIpc) is 2.63. The Hall–Kier alpha value is -2.22. The Morgan fingerprint density at radius 2 is 1.79 bits per heavy atom. The molecule has 8 heteroatoms. The lowest BCUT2D eigenvalue weighted by Gasteiger charge is -2.62. The first kappa shape index (κ1) is 15.3. The van der Waals surface area contributed by atoms with E-state index >= 15 is 0 Å². The van der Waals surface area contributed by atoms with E-state index in [4.69, 9.17) is 5.21 Å². The van der Waals surface area contributed by atoms with Crippen LogP contribution in [0.5, 0.6) is 0 Å². The fourth-order valence-corrected chi connectivity index (χ4v) is 3.97. The van der Waals surface area contributed by atoms with Crippen LogP contribution in [-0.2, 0) is 4.79 Å². The van der Waals surface area contributed by atoms with Crippen LogP contribution >= 0.6 is 0 Å². The molecule has 8 nitrogen and oxygen atoms in total. The Morgan fingerprint density at radius 3 is 2.38 bits per heavy atom. The molecule has 3 fully saturated rings. The lowest BCUT2D eigenvalue weighted by molar-refractivity contribution is -0.149. The molecule has 1 aliphatic carbocycles. The van der Waals surface area contributed by atoms with Crippen LogP contribution in [-0.4, -0.2) is 57.1 Å². The van der Waals surface area contributed by atoms with Gasteiger partial charge in [-0.05, 0) is 12.8 Å². The number of hydrogen-bond acceptors (Lipinski definition) is 6. The zero-order valence-electron chi connectivity index (χ0n) is 13.4.